The summed E-state index contributed by atoms with van der Waals surface area (Å²) in [6.07, 6.45) is 1.56. The van der Waals surface area contributed by atoms with Gasteiger partial charge in [-0.1, -0.05) is 12.1 Å². The summed E-state index contributed by atoms with van der Waals surface area (Å²) in [6, 6.07) is 12.0. The number of benzene rings is 2. The van der Waals surface area contributed by atoms with Crippen LogP contribution in [0.2, 0.25) is 0 Å². The van der Waals surface area contributed by atoms with Crippen LogP contribution in [0.5, 0.6) is 0 Å². The van der Waals surface area contributed by atoms with E-state index in [-0.39, 0.29) is 22.1 Å². The Morgan fingerprint density at radius 2 is 1.71 bits per heavy atom. The van der Waals surface area contributed by atoms with Crippen molar-refractivity contribution in [3.05, 3.63) is 65.7 Å². The maximum atomic E-state index is 12.7. The molecule has 0 unspecified atom stereocenters. The lowest BCUT2D eigenvalue weighted by molar-refractivity contribution is -0.114. The molecule has 2 amide bonds. The highest BCUT2D eigenvalue weighted by Gasteiger charge is 2.19. The molecule has 0 atom stereocenters. The molecule has 0 aliphatic rings. The summed E-state index contributed by atoms with van der Waals surface area (Å²) >= 11 is 1.26. The van der Waals surface area contributed by atoms with Crippen LogP contribution in [0.3, 0.4) is 0 Å². The molecule has 0 spiro atoms. The van der Waals surface area contributed by atoms with Crippen molar-refractivity contribution in [3.8, 4) is 0 Å². The van der Waals surface area contributed by atoms with E-state index in [1.165, 1.54) is 54.7 Å². The molecule has 144 valence electrons. The number of anilines is 3. The van der Waals surface area contributed by atoms with Crippen LogP contribution in [-0.2, 0) is 14.8 Å². The number of carbonyl (C=O) groups excluding carboxylic acids is 2. The van der Waals surface area contributed by atoms with Gasteiger partial charge in [-0.3, -0.25) is 19.6 Å². The molecule has 3 N–H and O–H groups in total. The molecule has 1 heterocycles. The topological polar surface area (TPSA) is 117 Å². The smallest absolute Gasteiger partial charge is 0.261 e. The Balaban J connectivity index is 1.82. The number of amides is 2. The van der Waals surface area contributed by atoms with Crippen LogP contribution in [0.4, 0.5) is 16.5 Å². The molecule has 0 aliphatic carbocycles. The molecule has 3 rings (SSSR count). The van der Waals surface area contributed by atoms with E-state index in [2.05, 4.69) is 20.3 Å². The Hall–Kier alpha value is -3.24. The fourth-order valence-electron chi connectivity index (χ4n) is 2.34. The zero-order valence-electron chi connectivity index (χ0n) is 14.7. The van der Waals surface area contributed by atoms with Crippen molar-refractivity contribution in [1.82, 2.24) is 4.98 Å². The first kappa shape index (κ1) is 19.5. The van der Waals surface area contributed by atoms with Crippen molar-refractivity contribution in [2.24, 2.45) is 0 Å². The van der Waals surface area contributed by atoms with Gasteiger partial charge in [0.1, 0.15) is 0 Å². The highest BCUT2D eigenvalue weighted by molar-refractivity contribution is 7.92. The van der Waals surface area contributed by atoms with E-state index < -0.39 is 15.9 Å². The van der Waals surface area contributed by atoms with Gasteiger partial charge in [-0.05, 0) is 36.4 Å². The van der Waals surface area contributed by atoms with Crippen LogP contribution in [0.25, 0.3) is 0 Å². The van der Waals surface area contributed by atoms with Crippen LogP contribution >= 0.6 is 11.3 Å². The Labute approximate surface area is 165 Å². The molecule has 2 aromatic carbocycles. The van der Waals surface area contributed by atoms with Gasteiger partial charge in [0.15, 0.2) is 5.13 Å². The summed E-state index contributed by atoms with van der Waals surface area (Å²) < 4.78 is 27.8. The van der Waals surface area contributed by atoms with Crippen molar-refractivity contribution >= 4 is 49.7 Å². The lowest BCUT2D eigenvalue weighted by Gasteiger charge is -2.12. The zero-order chi connectivity index (χ0) is 20.1. The van der Waals surface area contributed by atoms with Gasteiger partial charge in [-0.25, -0.2) is 13.4 Å². The minimum absolute atomic E-state index is 0.00302. The lowest BCUT2D eigenvalue weighted by atomic mass is 10.2. The summed E-state index contributed by atoms with van der Waals surface area (Å²) in [5.41, 5.74) is 0.785. The second-order valence-electron chi connectivity index (χ2n) is 5.65. The van der Waals surface area contributed by atoms with Crippen LogP contribution in [0.15, 0.2) is 65.0 Å². The number of aromatic nitrogens is 1. The van der Waals surface area contributed by atoms with Gasteiger partial charge in [0.25, 0.3) is 15.9 Å². The van der Waals surface area contributed by atoms with Gasteiger partial charge in [0, 0.05) is 24.2 Å². The summed E-state index contributed by atoms with van der Waals surface area (Å²) in [5.74, 6) is -0.733. The zero-order valence-corrected chi connectivity index (χ0v) is 16.3. The van der Waals surface area contributed by atoms with Gasteiger partial charge in [-0.15, -0.1) is 11.3 Å². The van der Waals surface area contributed by atoms with Crippen LogP contribution in [-0.4, -0.2) is 25.2 Å². The molecule has 10 heteroatoms. The van der Waals surface area contributed by atoms with E-state index in [0.717, 1.165) is 0 Å². The Morgan fingerprint density at radius 3 is 2.36 bits per heavy atom. The molecular formula is C18H16N4O4S2. The second-order valence-corrected chi connectivity index (χ2v) is 8.22. The highest BCUT2D eigenvalue weighted by atomic mass is 32.2. The van der Waals surface area contributed by atoms with E-state index in [1.54, 1.807) is 23.7 Å². The molecule has 0 radical (unpaired) electrons. The largest absolute Gasteiger partial charge is 0.326 e. The number of nitrogens with zero attached hydrogens (tertiary/aromatic N) is 1. The minimum atomic E-state index is -3.93. The molecule has 0 fully saturated rings. The van der Waals surface area contributed by atoms with Gasteiger partial charge < -0.3 is 5.32 Å². The van der Waals surface area contributed by atoms with Crippen molar-refractivity contribution in [2.45, 2.75) is 11.8 Å². The molecular weight excluding hydrogens is 400 g/mol. The molecule has 0 aliphatic heterocycles. The number of thiazole rings is 1. The third kappa shape index (κ3) is 4.72. The molecule has 1 aromatic heterocycles. The Morgan fingerprint density at radius 1 is 1.00 bits per heavy atom. The van der Waals surface area contributed by atoms with Crippen molar-refractivity contribution in [3.63, 3.8) is 0 Å². The van der Waals surface area contributed by atoms with Crippen LogP contribution in [0.1, 0.15) is 17.3 Å². The van der Waals surface area contributed by atoms with E-state index in [1.807, 2.05) is 0 Å². The summed E-state index contributed by atoms with van der Waals surface area (Å²) in [5, 5.41) is 7.32. The van der Waals surface area contributed by atoms with Gasteiger partial charge in [0.2, 0.25) is 5.91 Å². The van der Waals surface area contributed by atoms with E-state index in [4.69, 9.17) is 0 Å². The minimum Gasteiger partial charge on any atom is -0.326 e. The number of carbonyl (C=O) groups is 2. The monoisotopic (exact) mass is 416 g/mol. The molecule has 0 saturated carbocycles. The normalized spacial score (nSPS) is 10.9. The first-order chi connectivity index (χ1) is 13.3. The van der Waals surface area contributed by atoms with E-state index in [0.29, 0.717) is 10.8 Å². The number of sulfonamides is 1. The first-order valence-corrected chi connectivity index (χ1v) is 10.4. The van der Waals surface area contributed by atoms with Gasteiger partial charge in [-0.2, -0.15) is 0 Å². The average molecular weight is 416 g/mol. The molecule has 8 nitrogen and oxygen atoms in total. The highest BCUT2D eigenvalue weighted by Crippen LogP contribution is 2.23. The number of para-hydroxylation sites is 1. The lowest BCUT2D eigenvalue weighted by Crippen LogP contribution is -2.18. The fourth-order valence-corrected chi connectivity index (χ4v) is 3.95. The van der Waals surface area contributed by atoms with E-state index in [9.17, 15) is 18.0 Å². The fraction of sp³-hybridized carbons (Fsp3) is 0.0556. The third-order valence-corrected chi connectivity index (χ3v) is 5.62. The standard InChI is InChI=1S/C18H16N4O4S2/c1-12(23)20-13-6-8-14(9-7-13)28(25,26)22-16-5-3-2-4-15(16)17(24)21-18-19-10-11-27-18/h2-11,22H,1H3,(H,20,23)(H,19,21,24). The molecule has 3 aromatic rings. The number of rotatable bonds is 6. The Bertz CT molecular complexity index is 1090. The van der Waals surface area contributed by atoms with Crippen LogP contribution in [0, 0.1) is 0 Å². The second kappa shape index (κ2) is 8.19. The maximum absolute atomic E-state index is 12.7. The van der Waals surface area contributed by atoms with Gasteiger partial charge >= 0.3 is 0 Å². The predicted molar refractivity (Wildman–Crippen MR) is 108 cm³/mol. The quantitative estimate of drug-likeness (QED) is 0.571. The van der Waals surface area contributed by atoms with Crippen molar-refractivity contribution in [1.29, 1.82) is 0 Å². The van der Waals surface area contributed by atoms with Gasteiger partial charge in [0.05, 0.1) is 16.1 Å². The molecule has 0 bridgehead atoms. The average Bonchev–Trinajstić information content (AvgIpc) is 3.15. The maximum Gasteiger partial charge on any atom is 0.261 e. The number of nitrogens with one attached hydrogen (secondary N) is 3. The SMILES string of the molecule is CC(=O)Nc1ccc(S(=O)(=O)Nc2ccccc2C(=O)Nc2nccs2)cc1. The summed E-state index contributed by atoms with van der Waals surface area (Å²) in [6.45, 7) is 1.36. The third-order valence-electron chi connectivity index (χ3n) is 3.55. The predicted octanol–water partition coefficient (Wildman–Crippen LogP) is 3.15. The van der Waals surface area contributed by atoms with Crippen molar-refractivity contribution < 1.29 is 18.0 Å². The van der Waals surface area contributed by atoms with Crippen molar-refractivity contribution in [2.75, 3.05) is 15.4 Å². The summed E-state index contributed by atoms with van der Waals surface area (Å²) in [7, 11) is -3.93. The number of hydrogen-bond acceptors (Lipinski definition) is 6. The molecule has 28 heavy (non-hydrogen) atoms. The van der Waals surface area contributed by atoms with Crippen LogP contribution < -0.4 is 15.4 Å². The number of hydrogen-bond donors (Lipinski definition) is 3. The summed E-state index contributed by atoms with van der Waals surface area (Å²) in [4.78, 5) is 27.5. The Kier molecular flexibility index (Phi) is 5.71. The van der Waals surface area contributed by atoms with E-state index >= 15 is 0 Å². The first-order valence-electron chi connectivity index (χ1n) is 8.05. The molecule has 0 saturated heterocycles.